The number of β-amino-alcohol motifs (C(OH)–C–C–N with tert-alkyl or cyclic N) is 1. The first kappa shape index (κ1) is 19.9. The lowest BCUT2D eigenvalue weighted by Crippen LogP contribution is -2.31. The van der Waals surface area contributed by atoms with E-state index in [1.54, 1.807) is 0 Å². The normalized spacial score (nSPS) is 14.1. The first-order chi connectivity index (χ1) is 11.8. The average Bonchev–Trinajstić information content (AvgIpc) is 2.86. The van der Waals surface area contributed by atoms with Crippen molar-refractivity contribution in [2.45, 2.75) is 0 Å². The Morgan fingerprint density at radius 1 is 1.32 bits per heavy atom. The van der Waals surface area contributed by atoms with Crippen molar-refractivity contribution < 1.29 is 29.3 Å². The van der Waals surface area contributed by atoms with Crippen LogP contribution in [0.15, 0.2) is 23.4 Å². The molecule has 0 saturated carbocycles. The lowest BCUT2D eigenvalue weighted by molar-refractivity contribution is -0.136. The minimum atomic E-state index is -1.05. The number of esters is 1. The molecule has 0 atom stereocenters. The Labute approximate surface area is 170 Å². The SMILES string of the molecule is COC(=O)C1=C(Nc2c(I)cc(C(=O)O)cc2I)C(=O)N(CCO)C1. The summed E-state index contributed by atoms with van der Waals surface area (Å²) in [6.07, 6.45) is 0. The van der Waals surface area contributed by atoms with Crippen LogP contribution in [0, 0.1) is 7.14 Å². The number of nitrogens with zero attached hydrogens (tertiary/aromatic N) is 1. The van der Waals surface area contributed by atoms with Gasteiger partial charge in [0, 0.05) is 13.7 Å². The molecule has 8 nitrogen and oxygen atoms in total. The van der Waals surface area contributed by atoms with E-state index >= 15 is 0 Å². The van der Waals surface area contributed by atoms with E-state index in [0.29, 0.717) is 12.8 Å². The highest BCUT2D eigenvalue weighted by Gasteiger charge is 2.35. The van der Waals surface area contributed by atoms with Crippen molar-refractivity contribution in [3.8, 4) is 0 Å². The molecule has 134 valence electrons. The summed E-state index contributed by atoms with van der Waals surface area (Å²) in [4.78, 5) is 37.0. The molecule has 0 saturated heterocycles. The van der Waals surface area contributed by atoms with Gasteiger partial charge in [-0.15, -0.1) is 0 Å². The van der Waals surface area contributed by atoms with Crippen LogP contribution < -0.4 is 5.32 Å². The number of hydrogen-bond donors (Lipinski definition) is 3. The number of hydrogen-bond acceptors (Lipinski definition) is 6. The minimum absolute atomic E-state index is 0.0365. The predicted octanol–water partition coefficient (Wildman–Crippen LogP) is 1.27. The number of amides is 1. The third-order valence-electron chi connectivity index (χ3n) is 3.49. The highest BCUT2D eigenvalue weighted by atomic mass is 127. The Morgan fingerprint density at radius 2 is 1.92 bits per heavy atom. The first-order valence-electron chi connectivity index (χ1n) is 7.01. The summed E-state index contributed by atoms with van der Waals surface area (Å²) in [6.45, 7) is -0.0960. The molecule has 2 rings (SSSR count). The zero-order valence-corrected chi connectivity index (χ0v) is 17.3. The molecule has 0 unspecified atom stereocenters. The van der Waals surface area contributed by atoms with E-state index in [2.05, 4.69) is 5.32 Å². The van der Waals surface area contributed by atoms with Crippen LogP contribution in [0.25, 0.3) is 0 Å². The fourth-order valence-electron chi connectivity index (χ4n) is 2.29. The number of aliphatic hydroxyl groups is 1. The van der Waals surface area contributed by atoms with Gasteiger partial charge in [-0.3, -0.25) is 4.79 Å². The second-order valence-corrected chi connectivity index (χ2v) is 7.36. The molecule has 25 heavy (non-hydrogen) atoms. The van der Waals surface area contributed by atoms with Crippen molar-refractivity contribution in [3.63, 3.8) is 0 Å². The van der Waals surface area contributed by atoms with Gasteiger partial charge in [-0.05, 0) is 57.3 Å². The van der Waals surface area contributed by atoms with E-state index < -0.39 is 17.8 Å². The van der Waals surface area contributed by atoms with Crippen LogP contribution in [0.4, 0.5) is 5.69 Å². The molecule has 1 aromatic rings. The molecule has 0 aromatic heterocycles. The van der Waals surface area contributed by atoms with Crippen LogP contribution in [-0.2, 0) is 14.3 Å². The van der Waals surface area contributed by atoms with E-state index in [1.165, 1.54) is 24.1 Å². The smallest absolute Gasteiger partial charge is 0.337 e. The number of methoxy groups -OCH3 is 1. The Bertz CT molecular complexity index is 754. The number of carbonyl (C=O) groups is 3. The van der Waals surface area contributed by atoms with Gasteiger partial charge >= 0.3 is 11.9 Å². The quantitative estimate of drug-likeness (QED) is 0.348. The molecule has 0 spiro atoms. The molecule has 1 aromatic carbocycles. The maximum absolute atomic E-state index is 12.5. The van der Waals surface area contributed by atoms with Gasteiger partial charge < -0.3 is 25.2 Å². The number of aromatic carboxylic acids is 1. The molecular formula is C15H14I2N2O6. The fourth-order valence-corrected chi connectivity index (χ4v) is 4.33. The molecule has 0 fully saturated rings. The minimum Gasteiger partial charge on any atom is -0.478 e. The highest BCUT2D eigenvalue weighted by molar-refractivity contribution is 14.1. The molecule has 1 amide bonds. The van der Waals surface area contributed by atoms with Crippen molar-refractivity contribution in [3.05, 3.63) is 36.1 Å². The van der Waals surface area contributed by atoms with Gasteiger partial charge in [0.1, 0.15) is 5.70 Å². The van der Waals surface area contributed by atoms with Crippen molar-refractivity contribution in [1.29, 1.82) is 0 Å². The number of benzene rings is 1. The van der Waals surface area contributed by atoms with E-state index in [4.69, 9.17) is 14.9 Å². The number of carboxylic acids is 1. The van der Waals surface area contributed by atoms with Gasteiger partial charge in [0.15, 0.2) is 0 Å². The Morgan fingerprint density at radius 3 is 2.40 bits per heavy atom. The van der Waals surface area contributed by atoms with Crippen LogP contribution in [0.2, 0.25) is 0 Å². The topological polar surface area (TPSA) is 116 Å². The van der Waals surface area contributed by atoms with E-state index in [1.807, 2.05) is 45.2 Å². The number of aliphatic hydroxyl groups excluding tert-OH is 1. The number of anilines is 1. The maximum Gasteiger partial charge on any atom is 0.337 e. The number of rotatable bonds is 6. The van der Waals surface area contributed by atoms with Crippen LogP contribution >= 0.6 is 45.2 Å². The zero-order valence-electron chi connectivity index (χ0n) is 13.0. The molecule has 1 aliphatic heterocycles. The Kier molecular flexibility index (Phi) is 6.62. The van der Waals surface area contributed by atoms with Gasteiger partial charge in [-0.25, -0.2) is 9.59 Å². The second-order valence-electron chi connectivity index (χ2n) is 5.04. The number of carbonyl (C=O) groups excluding carboxylic acids is 2. The lowest BCUT2D eigenvalue weighted by atomic mass is 10.2. The molecule has 10 heteroatoms. The summed E-state index contributed by atoms with van der Waals surface area (Å²) in [5, 5.41) is 21.1. The van der Waals surface area contributed by atoms with Crippen LogP contribution in [0.3, 0.4) is 0 Å². The largest absolute Gasteiger partial charge is 0.478 e. The Balaban J connectivity index is 2.43. The molecule has 0 radical (unpaired) electrons. The van der Waals surface area contributed by atoms with Crippen molar-refractivity contribution in [2.24, 2.45) is 0 Å². The summed E-state index contributed by atoms with van der Waals surface area (Å²) in [7, 11) is 1.22. The summed E-state index contributed by atoms with van der Waals surface area (Å²) >= 11 is 3.92. The van der Waals surface area contributed by atoms with Gasteiger partial charge in [-0.1, -0.05) is 0 Å². The fraction of sp³-hybridized carbons (Fsp3) is 0.267. The maximum atomic E-state index is 12.5. The van der Waals surface area contributed by atoms with Crippen molar-refractivity contribution in [1.82, 2.24) is 4.90 Å². The Hall–Kier alpha value is -1.41. The molecule has 3 N–H and O–H groups in total. The van der Waals surface area contributed by atoms with Gasteiger partial charge in [0.25, 0.3) is 5.91 Å². The average molecular weight is 572 g/mol. The predicted molar refractivity (Wildman–Crippen MR) is 105 cm³/mol. The van der Waals surface area contributed by atoms with Crippen molar-refractivity contribution >= 4 is 68.7 Å². The van der Waals surface area contributed by atoms with E-state index in [0.717, 1.165) is 0 Å². The van der Waals surface area contributed by atoms with E-state index in [9.17, 15) is 14.4 Å². The van der Waals surface area contributed by atoms with Gasteiger partial charge in [-0.2, -0.15) is 0 Å². The summed E-state index contributed by atoms with van der Waals surface area (Å²) in [6, 6.07) is 2.94. The zero-order chi connectivity index (χ0) is 18.7. The number of halogens is 2. The first-order valence-corrected chi connectivity index (χ1v) is 9.16. The third kappa shape index (κ3) is 4.23. The molecule has 0 bridgehead atoms. The molecule has 1 heterocycles. The molecule has 1 aliphatic rings. The van der Waals surface area contributed by atoms with Crippen LogP contribution in [0.1, 0.15) is 10.4 Å². The number of nitrogens with one attached hydrogen (secondary N) is 1. The van der Waals surface area contributed by atoms with Gasteiger partial charge in [0.2, 0.25) is 0 Å². The lowest BCUT2D eigenvalue weighted by Gasteiger charge is -2.16. The summed E-state index contributed by atoms with van der Waals surface area (Å²) < 4.78 is 5.91. The number of ether oxygens (including phenoxy) is 1. The van der Waals surface area contributed by atoms with Crippen LogP contribution in [-0.4, -0.2) is 59.8 Å². The monoisotopic (exact) mass is 572 g/mol. The summed E-state index contributed by atoms with van der Waals surface area (Å²) in [5.74, 6) is -2.12. The van der Waals surface area contributed by atoms with Crippen molar-refractivity contribution in [2.75, 3.05) is 32.1 Å². The molecular weight excluding hydrogens is 558 g/mol. The summed E-state index contributed by atoms with van der Waals surface area (Å²) in [5.41, 5.74) is 0.886. The second kappa shape index (κ2) is 8.31. The molecule has 0 aliphatic carbocycles. The van der Waals surface area contributed by atoms with E-state index in [-0.39, 0.29) is 36.5 Å². The van der Waals surface area contributed by atoms with Gasteiger partial charge in [0.05, 0.1) is 37.1 Å². The highest BCUT2D eigenvalue weighted by Crippen LogP contribution is 2.30. The third-order valence-corrected chi connectivity index (χ3v) is 5.19. The number of carboxylic acid groups (broad SMARTS) is 1. The standard InChI is InChI=1S/C15H14I2N2O6/c1-25-15(24)8-6-19(2-3-20)13(21)11(8)18-12-9(16)4-7(14(22)23)5-10(12)17/h4-5,18,20H,2-3,6H2,1H3,(H,22,23). The van der Waals surface area contributed by atoms with Crippen LogP contribution in [0.5, 0.6) is 0 Å².